The van der Waals surface area contributed by atoms with Crippen LogP contribution in [-0.2, 0) is 19.1 Å². The Kier molecular flexibility index (Phi) is 4.82. The van der Waals surface area contributed by atoms with Crippen LogP contribution in [-0.4, -0.2) is 60.6 Å². The second-order valence-electron chi connectivity index (χ2n) is 5.78. The van der Waals surface area contributed by atoms with Crippen LogP contribution in [0.5, 0.6) is 0 Å². The summed E-state index contributed by atoms with van der Waals surface area (Å²) in [6.07, 6.45) is 1.55. The van der Waals surface area contributed by atoms with Gasteiger partial charge in [0.2, 0.25) is 11.8 Å². The Labute approximate surface area is 123 Å². The number of nitrogens with one attached hydrogen (secondary N) is 1. The lowest BCUT2D eigenvalue weighted by Crippen LogP contribution is -2.45. The maximum atomic E-state index is 12.1. The van der Waals surface area contributed by atoms with E-state index in [1.165, 1.54) is 0 Å². The van der Waals surface area contributed by atoms with Crippen molar-refractivity contribution in [2.75, 3.05) is 32.8 Å². The van der Waals surface area contributed by atoms with Crippen LogP contribution in [0.25, 0.3) is 0 Å². The first-order chi connectivity index (χ1) is 9.99. The second-order valence-corrected chi connectivity index (χ2v) is 5.78. The van der Waals surface area contributed by atoms with E-state index >= 15 is 0 Å². The molecule has 0 aromatic heterocycles. The third kappa shape index (κ3) is 3.18. The van der Waals surface area contributed by atoms with E-state index in [-0.39, 0.29) is 30.8 Å². The van der Waals surface area contributed by atoms with Crippen LogP contribution >= 0.6 is 0 Å². The summed E-state index contributed by atoms with van der Waals surface area (Å²) < 4.78 is 5.35. The summed E-state index contributed by atoms with van der Waals surface area (Å²) in [7, 11) is 0. The van der Waals surface area contributed by atoms with Crippen molar-refractivity contribution >= 4 is 17.8 Å². The maximum absolute atomic E-state index is 12.1. The van der Waals surface area contributed by atoms with Gasteiger partial charge in [-0.25, -0.2) is 0 Å². The molecule has 2 saturated heterocycles. The monoisotopic (exact) mass is 298 g/mol. The third-order valence-corrected chi connectivity index (χ3v) is 4.40. The fraction of sp³-hybridized carbons (Fsp3) is 0.786. The molecule has 0 aliphatic carbocycles. The number of ether oxygens (including phenoxy) is 1. The highest BCUT2D eigenvalue weighted by atomic mass is 16.5. The number of hydrogen-bond donors (Lipinski definition) is 2. The number of likely N-dealkylation sites (tertiary alicyclic amines) is 1. The van der Waals surface area contributed by atoms with Crippen molar-refractivity contribution in [2.45, 2.75) is 26.2 Å². The van der Waals surface area contributed by atoms with Gasteiger partial charge in [0, 0.05) is 32.0 Å². The molecule has 0 radical (unpaired) electrons. The Morgan fingerprint density at radius 2 is 2.19 bits per heavy atom. The molecule has 7 heteroatoms. The number of carbonyl (C=O) groups is 3. The van der Waals surface area contributed by atoms with Crippen molar-refractivity contribution in [3.63, 3.8) is 0 Å². The van der Waals surface area contributed by atoms with Gasteiger partial charge >= 0.3 is 5.97 Å². The molecule has 7 nitrogen and oxygen atoms in total. The summed E-state index contributed by atoms with van der Waals surface area (Å²) in [5, 5.41) is 12.1. The molecule has 0 aromatic rings. The van der Waals surface area contributed by atoms with Crippen LogP contribution < -0.4 is 5.32 Å². The van der Waals surface area contributed by atoms with Gasteiger partial charge in [-0.05, 0) is 12.8 Å². The number of rotatable bonds is 5. The Morgan fingerprint density at radius 1 is 1.43 bits per heavy atom. The number of amides is 2. The first-order valence-corrected chi connectivity index (χ1v) is 7.35. The van der Waals surface area contributed by atoms with Crippen LogP contribution in [0.15, 0.2) is 0 Å². The molecule has 0 spiro atoms. The van der Waals surface area contributed by atoms with Gasteiger partial charge in [0.1, 0.15) is 0 Å². The molecule has 2 atom stereocenters. The molecule has 2 fully saturated rings. The summed E-state index contributed by atoms with van der Waals surface area (Å²) in [4.78, 5) is 36.7. The third-order valence-electron chi connectivity index (χ3n) is 4.40. The van der Waals surface area contributed by atoms with Crippen LogP contribution in [0.2, 0.25) is 0 Å². The van der Waals surface area contributed by atoms with Gasteiger partial charge in [0.15, 0.2) is 0 Å². The smallest absolute Gasteiger partial charge is 0.311 e. The van der Waals surface area contributed by atoms with E-state index in [0.29, 0.717) is 32.6 Å². The minimum absolute atomic E-state index is 0.0674. The van der Waals surface area contributed by atoms with E-state index in [9.17, 15) is 19.5 Å². The molecule has 2 heterocycles. The van der Waals surface area contributed by atoms with Gasteiger partial charge in [0.05, 0.1) is 18.6 Å². The summed E-state index contributed by atoms with van der Waals surface area (Å²) in [6.45, 7) is 3.20. The van der Waals surface area contributed by atoms with Gasteiger partial charge in [-0.15, -0.1) is 0 Å². The van der Waals surface area contributed by atoms with Crippen molar-refractivity contribution in [2.24, 2.45) is 11.3 Å². The zero-order chi connectivity index (χ0) is 15.5. The first kappa shape index (κ1) is 15.8. The molecule has 2 N–H and O–H groups in total. The highest BCUT2D eigenvalue weighted by Gasteiger charge is 2.54. The Morgan fingerprint density at radius 3 is 2.81 bits per heavy atom. The standard InChI is InChI=1S/C14H22N2O5/c1-2-3-11(17)15-6-12(18)16-7-10-8-21-5-4-14(10,9-16)13(19)20/h10H,2-9H2,1H3,(H,15,17)(H,19,20)/t10-,14+/m0/s1. The fourth-order valence-corrected chi connectivity index (χ4v) is 3.09. The van der Waals surface area contributed by atoms with Crippen molar-refractivity contribution < 1.29 is 24.2 Å². The predicted molar refractivity (Wildman–Crippen MR) is 73.5 cm³/mol. The van der Waals surface area contributed by atoms with Gasteiger partial charge in [-0.2, -0.15) is 0 Å². The molecule has 2 rings (SSSR count). The zero-order valence-electron chi connectivity index (χ0n) is 12.3. The van der Waals surface area contributed by atoms with E-state index in [0.717, 1.165) is 6.42 Å². The van der Waals surface area contributed by atoms with E-state index < -0.39 is 11.4 Å². The van der Waals surface area contributed by atoms with Crippen LogP contribution in [0, 0.1) is 11.3 Å². The van der Waals surface area contributed by atoms with Crippen molar-refractivity contribution in [1.29, 1.82) is 0 Å². The molecule has 2 amide bonds. The molecule has 0 bridgehead atoms. The van der Waals surface area contributed by atoms with E-state index in [4.69, 9.17) is 4.74 Å². The zero-order valence-corrected chi connectivity index (χ0v) is 12.3. The normalized spacial score (nSPS) is 28.0. The molecule has 21 heavy (non-hydrogen) atoms. The molecule has 2 aliphatic heterocycles. The summed E-state index contributed by atoms with van der Waals surface area (Å²) in [5.74, 6) is -1.41. The van der Waals surface area contributed by atoms with Gasteiger partial charge < -0.3 is 20.1 Å². The SMILES string of the molecule is CCCC(=O)NCC(=O)N1C[C@H]2COCC[C@@]2(C(=O)O)C1. The number of fused-ring (bicyclic) bond motifs is 1. The number of carboxylic acid groups (broad SMARTS) is 1. The lowest BCUT2D eigenvalue weighted by atomic mass is 9.74. The van der Waals surface area contributed by atoms with Gasteiger partial charge in [-0.1, -0.05) is 6.92 Å². The summed E-state index contributed by atoms with van der Waals surface area (Å²) in [6, 6.07) is 0. The van der Waals surface area contributed by atoms with E-state index in [1.54, 1.807) is 4.90 Å². The molecule has 118 valence electrons. The molecule has 0 saturated carbocycles. The maximum Gasteiger partial charge on any atom is 0.311 e. The Balaban J connectivity index is 1.95. The van der Waals surface area contributed by atoms with Crippen molar-refractivity contribution in [3.8, 4) is 0 Å². The van der Waals surface area contributed by atoms with Crippen molar-refractivity contribution in [3.05, 3.63) is 0 Å². The number of carboxylic acids is 1. The number of aliphatic carboxylic acids is 1. The summed E-state index contributed by atoms with van der Waals surface area (Å²) in [5.41, 5.74) is -0.888. The second kappa shape index (κ2) is 6.43. The van der Waals surface area contributed by atoms with Crippen LogP contribution in [0.4, 0.5) is 0 Å². The quantitative estimate of drug-likeness (QED) is 0.736. The largest absolute Gasteiger partial charge is 0.481 e. The highest BCUT2D eigenvalue weighted by Crippen LogP contribution is 2.42. The average molecular weight is 298 g/mol. The van der Waals surface area contributed by atoms with E-state index in [2.05, 4.69) is 5.32 Å². The predicted octanol–water partition coefficient (Wildman–Crippen LogP) is -0.148. The molecule has 0 unspecified atom stereocenters. The van der Waals surface area contributed by atoms with Crippen LogP contribution in [0.1, 0.15) is 26.2 Å². The molecule has 2 aliphatic rings. The summed E-state index contributed by atoms with van der Waals surface area (Å²) >= 11 is 0. The molecular formula is C14H22N2O5. The Bertz CT molecular complexity index is 439. The Hall–Kier alpha value is -1.63. The number of nitrogens with zero attached hydrogens (tertiary/aromatic N) is 1. The minimum atomic E-state index is -0.888. The molecular weight excluding hydrogens is 276 g/mol. The number of carbonyl (C=O) groups excluding carboxylic acids is 2. The topological polar surface area (TPSA) is 95.9 Å². The van der Waals surface area contributed by atoms with Crippen LogP contribution in [0.3, 0.4) is 0 Å². The lowest BCUT2D eigenvalue weighted by molar-refractivity contribution is -0.157. The van der Waals surface area contributed by atoms with Crippen molar-refractivity contribution in [1.82, 2.24) is 10.2 Å². The molecule has 0 aromatic carbocycles. The first-order valence-electron chi connectivity index (χ1n) is 7.35. The fourth-order valence-electron chi connectivity index (χ4n) is 3.09. The number of hydrogen-bond acceptors (Lipinski definition) is 4. The van der Waals surface area contributed by atoms with E-state index in [1.807, 2.05) is 6.92 Å². The average Bonchev–Trinajstić information content (AvgIpc) is 2.86. The minimum Gasteiger partial charge on any atom is -0.481 e. The van der Waals surface area contributed by atoms with Gasteiger partial charge in [-0.3, -0.25) is 14.4 Å². The lowest BCUT2D eigenvalue weighted by Gasteiger charge is -2.33. The highest BCUT2D eigenvalue weighted by molar-refractivity contribution is 5.86. The van der Waals surface area contributed by atoms with Gasteiger partial charge in [0.25, 0.3) is 0 Å².